The number of halogens is 1. The van der Waals surface area contributed by atoms with E-state index >= 15 is 0 Å². The molecular formula is C13H16FN3. The molecule has 4 heteroatoms. The second kappa shape index (κ2) is 4.67. The molecule has 0 spiro atoms. The molecule has 2 rings (SSSR count). The number of nitrogens with one attached hydrogen (secondary N) is 1. The van der Waals surface area contributed by atoms with E-state index in [1.54, 1.807) is 16.8 Å². The molecule has 0 bridgehead atoms. The number of hydrogen-bond donors (Lipinski definition) is 1. The molecule has 1 unspecified atom stereocenters. The molecule has 0 aliphatic rings. The van der Waals surface area contributed by atoms with Crippen LogP contribution < -0.4 is 5.32 Å². The minimum atomic E-state index is -0.206. The van der Waals surface area contributed by atoms with Crippen molar-refractivity contribution in [3.63, 3.8) is 0 Å². The Labute approximate surface area is 100 Å². The zero-order valence-corrected chi connectivity index (χ0v) is 10.2. The molecular weight excluding hydrogens is 217 g/mol. The smallest absolute Gasteiger partial charge is 0.123 e. The summed E-state index contributed by atoms with van der Waals surface area (Å²) in [6, 6.07) is 6.79. The third-order valence-corrected chi connectivity index (χ3v) is 2.86. The lowest BCUT2D eigenvalue weighted by Gasteiger charge is -2.16. The summed E-state index contributed by atoms with van der Waals surface area (Å²) in [7, 11) is 3.76. The molecule has 0 radical (unpaired) electrons. The van der Waals surface area contributed by atoms with E-state index in [2.05, 4.69) is 10.4 Å². The van der Waals surface area contributed by atoms with Gasteiger partial charge in [0.25, 0.3) is 0 Å². The van der Waals surface area contributed by atoms with E-state index in [1.165, 1.54) is 6.07 Å². The van der Waals surface area contributed by atoms with E-state index in [-0.39, 0.29) is 11.9 Å². The van der Waals surface area contributed by atoms with Crippen LogP contribution in [0.25, 0.3) is 0 Å². The van der Waals surface area contributed by atoms with Crippen molar-refractivity contribution in [2.24, 2.45) is 7.05 Å². The zero-order valence-electron chi connectivity index (χ0n) is 10.2. The first-order chi connectivity index (χ1) is 8.11. The normalized spacial score (nSPS) is 12.7. The lowest BCUT2D eigenvalue weighted by Crippen LogP contribution is -2.19. The number of aryl methyl sites for hydroxylation is 2. The summed E-state index contributed by atoms with van der Waals surface area (Å²) < 4.78 is 14.8. The van der Waals surface area contributed by atoms with Gasteiger partial charge >= 0.3 is 0 Å². The van der Waals surface area contributed by atoms with Gasteiger partial charge in [-0.1, -0.05) is 6.07 Å². The Bertz CT molecular complexity index is 519. The molecule has 0 amide bonds. The van der Waals surface area contributed by atoms with Crippen molar-refractivity contribution in [3.05, 3.63) is 53.1 Å². The predicted octanol–water partition coefficient (Wildman–Crippen LogP) is 2.18. The van der Waals surface area contributed by atoms with Crippen molar-refractivity contribution in [1.82, 2.24) is 15.1 Å². The van der Waals surface area contributed by atoms with E-state index in [9.17, 15) is 4.39 Å². The Kier molecular flexibility index (Phi) is 3.24. The van der Waals surface area contributed by atoms with Crippen LogP contribution in [-0.2, 0) is 7.05 Å². The van der Waals surface area contributed by atoms with Crippen LogP contribution in [0.15, 0.2) is 30.5 Å². The van der Waals surface area contributed by atoms with Gasteiger partial charge in [0, 0.05) is 13.2 Å². The maximum Gasteiger partial charge on any atom is 0.123 e. The number of rotatable bonds is 3. The Balaban J connectivity index is 2.42. The highest BCUT2D eigenvalue weighted by atomic mass is 19.1. The fourth-order valence-corrected chi connectivity index (χ4v) is 2.01. The lowest BCUT2D eigenvalue weighted by atomic mass is 9.99. The summed E-state index contributed by atoms with van der Waals surface area (Å²) in [5.74, 6) is -0.206. The summed E-state index contributed by atoms with van der Waals surface area (Å²) in [5, 5.41) is 7.59. The summed E-state index contributed by atoms with van der Waals surface area (Å²) in [6.07, 6.45) is 1.90. The van der Waals surface area contributed by atoms with E-state index in [4.69, 9.17) is 0 Å². The van der Waals surface area contributed by atoms with E-state index in [0.29, 0.717) is 0 Å². The number of benzene rings is 1. The third kappa shape index (κ3) is 2.36. The molecule has 2 aromatic rings. The maximum atomic E-state index is 13.1. The number of nitrogens with zero attached hydrogens (tertiary/aromatic N) is 2. The van der Waals surface area contributed by atoms with Crippen molar-refractivity contribution in [2.75, 3.05) is 7.05 Å². The molecule has 0 aliphatic carbocycles. The summed E-state index contributed by atoms with van der Waals surface area (Å²) >= 11 is 0. The van der Waals surface area contributed by atoms with Crippen molar-refractivity contribution in [2.45, 2.75) is 13.0 Å². The molecule has 1 aromatic heterocycles. The Morgan fingerprint density at radius 1 is 1.35 bits per heavy atom. The van der Waals surface area contributed by atoms with Crippen LogP contribution in [-0.4, -0.2) is 16.8 Å². The highest BCUT2D eigenvalue weighted by Gasteiger charge is 2.16. The lowest BCUT2D eigenvalue weighted by molar-refractivity contribution is 0.615. The van der Waals surface area contributed by atoms with Gasteiger partial charge in [0.15, 0.2) is 0 Å². The zero-order chi connectivity index (χ0) is 12.4. The van der Waals surface area contributed by atoms with Crippen molar-refractivity contribution >= 4 is 0 Å². The first kappa shape index (κ1) is 11.8. The Morgan fingerprint density at radius 3 is 2.65 bits per heavy atom. The molecule has 1 aromatic carbocycles. The van der Waals surface area contributed by atoms with Gasteiger partial charge in [-0.2, -0.15) is 5.10 Å². The SMILES string of the molecule is CNC(c1ccn(C)n1)c1ccc(F)cc1C. The third-order valence-electron chi connectivity index (χ3n) is 2.86. The highest BCUT2D eigenvalue weighted by molar-refractivity contribution is 5.34. The molecule has 0 fully saturated rings. The first-order valence-electron chi connectivity index (χ1n) is 5.54. The molecule has 1 atom stereocenters. The quantitative estimate of drug-likeness (QED) is 0.880. The van der Waals surface area contributed by atoms with Crippen molar-refractivity contribution in [3.8, 4) is 0 Å². The molecule has 0 saturated carbocycles. The van der Waals surface area contributed by atoms with Crippen LogP contribution in [0.1, 0.15) is 22.9 Å². The van der Waals surface area contributed by atoms with Gasteiger partial charge in [-0.15, -0.1) is 0 Å². The largest absolute Gasteiger partial charge is 0.308 e. The molecule has 1 N–H and O–H groups in total. The first-order valence-corrected chi connectivity index (χ1v) is 5.54. The van der Waals surface area contributed by atoms with Gasteiger partial charge in [0.1, 0.15) is 5.82 Å². The monoisotopic (exact) mass is 233 g/mol. The second-order valence-electron chi connectivity index (χ2n) is 4.14. The highest BCUT2D eigenvalue weighted by Crippen LogP contribution is 2.23. The molecule has 1 heterocycles. The average molecular weight is 233 g/mol. The van der Waals surface area contributed by atoms with Crippen LogP contribution in [0.2, 0.25) is 0 Å². The second-order valence-corrected chi connectivity index (χ2v) is 4.14. The summed E-state index contributed by atoms with van der Waals surface area (Å²) in [6.45, 7) is 1.91. The molecule has 0 saturated heterocycles. The molecule has 90 valence electrons. The van der Waals surface area contributed by atoms with Gasteiger partial charge in [-0.3, -0.25) is 4.68 Å². The maximum absolute atomic E-state index is 13.1. The standard InChI is InChI=1S/C13H16FN3/c1-9-8-10(14)4-5-11(9)13(15-2)12-6-7-17(3)16-12/h4-8,13,15H,1-3H3. The predicted molar refractivity (Wildman–Crippen MR) is 65.2 cm³/mol. The molecule has 0 aliphatic heterocycles. The molecule has 3 nitrogen and oxygen atoms in total. The van der Waals surface area contributed by atoms with Gasteiger partial charge in [-0.05, 0) is 43.3 Å². The fraction of sp³-hybridized carbons (Fsp3) is 0.308. The van der Waals surface area contributed by atoms with Crippen LogP contribution in [0.5, 0.6) is 0 Å². The summed E-state index contributed by atoms with van der Waals surface area (Å²) in [5.41, 5.74) is 2.91. The van der Waals surface area contributed by atoms with Crippen LogP contribution in [0.4, 0.5) is 4.39 Å². The van der Waals surface area contributed by atoms with Gasteiger partial charge in [-0.25, -0.2) is 4.39 Å². The van der Waals surface area contributed by atoms with Crippen LogP contribution in [0, 0.1) is 12.7 Å². The Hall–Kier alpha value is -1.68. The van der Waals surface area contributed by atoms with Crippen molar-refractivity contribution in [1.29, 1.82) is 0 Å². The minimum absolute atomic E-state index is 0.00296. The number of hydrogen-bond acceptors (Lipinski definition) is 2. The van der Waals surface area contributed by atoms with Gasteiger partial charge < -0.3 is 5.32 Å². The van der Waals surface area contributed by atoms with Crippen LogP contribution >= 0.6 is 0 Å². The van der Waals surface area contributed by atoms with E-state index in [0.717, 1.165) is 16.8 Å². The van der Waals surface area contributed by atoms with Gasteiger partial charge in [0.05, 0.1) is 11.7 Å². The number of aromatic nitrogens is 2. The van der Waals surface area contributed by atoms with Crippen LogP contribution in [0.3, 0.4) is 0 Å². The van der Waals surface area contributed by atoms with E-state index in [1.807, 2.05) is 33.3 Å². The van der Waals surface area contributed by atoms with E-state index < -0.39 is 0 Å². The minimum Gasteiger partial charge on any atom is -0.308 e. The van der Waals surface area contributed by atoms with Gasteiger partial charge in [0.2, 0.25) is 0 Å². The summed E-state index contributed by atoms with van der Waals surface area (Å²) in [4.78, 5) is 0. The fourth-order valence-electron chi connectivity index (χ4n) is 2.01. The Morgan fingerprint density at radius 2 is 2.12 bits per heavy atom. The average Bonchev–Trinajstić information content (AvgIpc) is 2.69. The topological polar surface area (TPSA) is 29.9 Å². The van der Waals surface area contributed by atoms with Crippen molar-refractivity contribution < 1.29 is 4.39 Å². The molecule has 17 heavy (non-hydrogen) atoms.